The molecule has 2 nitrogen and oxygen atoms in total. The van der Waals surface area contributed by atoms with Crippen LogP contribution in [-0.4, -0.2) is 15.8 Å². The van der Waals surface area contributed by atoms with Gasteiger partial charge in [-0.2, -0.15) is 0 Å². The van der Waals surface area contributed by atoms with Gasteiger partial charge >= 0.3 is 0 Å². The van der Waals surface area contributed by atoms with Crippen LogP contribution in [0.15, 0.2) is 18.2 Å². The van der Waals surface area contributed by atoms with Gasteiger partial charge in [0.05, 0.1) is 5.60 Å². The zero-order valence-corrected chi connectivity index (χ0v) is 17.2. The highest BCUT2D eigenvalue weighted by Gasteiger charge is 2.53. The number of benzene rings is 1. The van der Waals surface area contributed by atoms with Crippen molar-refractivity contribution < 1.29 is 10.2 Å². The first kappa shape index (κ1) is 19.7. The summed E-state index contributed by atoms with van der Waals surface area (Å²) in [5.74, 6) is 2.10. The van der Waals surface area contributed by atoms with Crippen molar-refractivity contribution in [3.8, 4) is 5.75 Å². The van der Waals surface area contributed by atoms with E-state index in [-0.39, 0.29) is 5.41 Å². The van der Waals surface area contributed by atoms with Gasteiger partial charge in [-0.25, -0.2) is 0 Å². The third-order valence-corrected chi connectivity index (χ3v) is 7.46. The van der Waals surface area contributed by atoms with Crippen molar-refractivity contribution in [3.05, 3.63) is 29.3 Å². The van der Waals surface area contributed by atoms with Crippen molar-refractivity contribution in [2.75, 3.05) is 0 Å². The van der Waals surface area contributed by atoms with Gasteiger partial charge in [-0.05, 0) is 85.0 Å². The maximum Gasteiger partial charge on any atom is 0.115 e. The summed E-state index contributed by atoms with van der Waals surface area (Å²) >= 11 is 0. The Kier molecular flexibility index (Phi) is 5.72. The average Bonchev–Trinajstić information content (AvgIpc) is 2.59. The standard InChI is InChI=1S/C24H38O2/c1-5-6-12-24(26)15-19(8-7-17(2)3)23(4)13-11-18-14-20(25)9-10-21(18)22(23)16-24/h9-10,14,17,19,22,25-26H,5-8,11-13,15-16H2,1-4H3/t19-,22+,23-,24+/m0/s1. The maximum atomic E-state index is 11.5. The van der Waals surface area contributed by atoms with Gasteiger partial charge in [0, 0.05) is 0 Å². The molecule has 4 atom stereocenters. The Hall–Kier alpha value is -1.02. The van der Waals surface area contributed by atoms with Gasteiger partial charge in [-0.3, -0.25) is 0 Å². The summed E-state index contributed by atoms with van der Waals surface area (Å²) in [5.41, 5.74) is 2.45. The Bertz CT molecular complexity index is 623. The topological polar surface area (TPSA) is 40.5 Å². The van der Waals surface area contributed by atoms with Crippen LogP contribution in [0.25, 0.3) is 0 Å². The number of fused-ring (bicyclic) bond motifs is 3. The van der Waals surface area contributed by atoms with Crippen molar-refractivity contribution >= 4 is 0 Å². The van der Waals surface area contributed by atoms with Crippen LogP contribution < -0.4 is 0 Å². The van der Waals surface area contributed by atoms with Gasteiger partial charge in [0.1, 0.15) is 5.75 Å². The minimum Gasteiger partial charge on any atom is -0.508 e. The number of hydrogen-bond donors (Lipinski definition) is 2. The third kappa shape index (κ3) is 3.81. The molecule has 0 aromatic heterocycles. The second kappa shape index (κ2) is 7.54. The molecule has 2 N–H and O–H groups in total. The number of aryl methyl sites for hydroxylation is 1. The van der Waals surface area contributed by atoms with Crippen LogP contribution in [0.2, 0.25) is 0 Å². The molecule has 1 aromatic carbocycles. The van der Waals surface area contributed by atoms with Crippen molar-refractivity contribution in [2.24, 2.45) is 17.3 Å². The Balaban J connectivity index is 1.95. The van der Waals surface area contributed by atoms with Crippen molar-refractivity contribution in [2.45, 2.75) is 97.0 Å². The van der Waals surface area contributed by atoms with E-state index >= 15 is 0 Å². The summed E-state index contributed by atoms with van der Waals surface area (Å²) in [6, 6.07) is 5.93. The summed E-state index contributed by atoms with van der Waals surface area (Å²) in [4.78, 5) is 0. The highest BCUT2D eigenvalue weighted by molar-refractivity contribution is 5.41. The molecule has 1 aromatic rings. The number of unbranched alkanes of at least 4 members (excludes halogenated alkanes) is 1. The fourth-order valence-corrected chi connectivity index (χ4v) is 5.75. The lowest BCUT2D eigenvalue weighted by Gasteiger charge is -2.56. The zero-order valence-electron chi connectivity index (χ0n) is 17.2. The van der Waals surface area contributed by atoms with E-state index in [2.05, 4.69) is 33.8 Å². The van der Waals surface area contributed by atoms with Crippen molar-refractivity contribution in [3.63, 3.8) is 0 Å². The van der Waals surface area contributed by atoms with Gasteiger partial charge in [-0.1, -0.05) is 53.0 Å². The molecule has 0 saturated heterocycles. The van der Waals surface area contributed by atoms with Crippen LogP contribution in [0.5, 0.6) is 5.75 Å². The molecule has 0 amide bonds. The van der Waals surface area contributed by atoms with E-state index in [9.17, 15) is 10.2 Å². The van der Waals surface area contributed by atoms with E-state index in [4.69, 9.17) is 0 Å². The van der Waals surface area contributed by atoms with E-state index < -0.39 is 5.60 Å². The quantitative estimate of drug-likeness (QED) is 0.636. The Labute approximate surface area is 160 Å². The highest BCUT2D eigenvalue weighted by Crippen LogP contribution is 2.60. The van der Waals surface area contributed by atoms with Crippen molar-refractivity contribution in [1.29, 1.82) is 0 Å². The largest absolute Gasteiger partial charge is 0.508 e. The van der Waals surface area contributed by atoms with E-state index in [1.165, 1.54) is 30.4 Å². The molecule has 0 radical (unpaired) electrons. The van der Waals surface area contributed by atoms with Gasteiger partial charge in [-0.15, -0.1) is 0 Å². The number of phenols is 1. The molecule has 146 valence electrons. The lowest BCUT2D eigenvalue weighted by atomic mass is 9.50. The predicted molar refractivity (Wildman–Crippen MR) is 109 cm³/mol. The number of aliphatic hydroxyl groups is 1. The lowest BCUT2D eigenvalue weighted by molar-refractivity contribution is -0.0924. The number of aromatic hydroxyl groups is 1. The van der Waals surface area contributed by atoms with Crippen LogP contribution in [0.4, 0.5) is 0 Å². The molecule has 0 spiro atoms. The fraction of sp³-hybridized carbons (Fsp3) is 0.750. The molecule has 1 saturated carbocycles. The highest BCUT2D eigenvalue weighted by atomic mass is 16.3. The minimum atomic E-state index is -0.520. The van der Waals surface area contributed by atoms with E-state index in [0.717, 1.165) is 44.4 Å². The first-order valence-corrected chi connectivity index (χ1v) is 10.8. The molecule has 2 heteroatoms. The van der Waals surface area contributed by atoms with Crippen LogP contribution in [-0.2, 0) is 6.42 Å². The van der Waals surface area contributed by atoms with E-state index in [1.807, 2.05) is 12.1 Å². The van der Waals surface area contributed by atoms with Crippen molar-refractivity contribution in [1.82, 2.24) is 0 Å². The zero-order chi connectivity index (χ0) is 18.9. The first-order valence-electron chi connectivity index (χ1n) is 10.8. The Morgan fingerprint density at radius 3 is 2.69 bits per heavy atom. The van der Waals surface area contributed by atoms with Crippen LogP contribution >= 0.6 is 0 Å². The smallest absolute Gasteiger partial charge is 0.115 e. The van der Waals surface area contributed by atoms with Crippen LogP contribution in [0, 0.1) is 17.3 Å². The number of rotatable bonds is 6. The van der Waals surface area contributed by atoms with E-state index in [1.54, 1.807) is 0 Å². The third-order valence-electron chi connectivity index (χ3n) is 7.46. The maximum absolute atomic E-state index is 11.5. The summed E-state index contributed by atoms with van der Waals surface area (Å²) in [6.07, 6.45) is 9.76. The van der Waals surface area contributed by atoms with Gasteiger partial charge in [0.2, 0.25) is 0 Å². The SMILES string of the molecule is CCCC[C@@]1(O)C[C@H](CCC(C)C)[C@]2(C)CCc3cc(O)ccc3[C@H]2C1. The summed E-state index contributed by atoms with van der Waals surface area (Å²) < 4.78 is 0. The van der Waals surface area contributed by atoms with Crippen LogP contribution in [0.1, 0.15) is 96.1 Å². The molecular weight excluding hydrogens is 320 g/mol. The summed E-state index contributed by atoms with van der Waals surface area (Å²) in [6.45, 7) is 9.32. The molecule has 1 fully saturated rings. The molecule has 0 heterocycles. The number of phenolic OH excluding ortho intramolecular Hbond substituents is 1. The molecule has 26 heavy (non-hydrogen) atoms. The molecule has 2 aliphatic rings. The normalized spacial score (nSPS) is 33.8. The van der Waals surface area contributed by atoms with Crippen LogP contribution in [0.3, 0.4) is 0 Å². The summed E-state index contributed by atoms with van der Waals surface area (Å²) in [5, 5.41) is 21.4. The predicted octanol–water partition coefficient (Wildman–Crippen LogP) is 6.20. The molecule has 0 unspecified atom stereocenters. The Morgan fingerprint density at radius 2 is 2.00 bits per heavy atom. The molecular formula is C24H38O2. The van der Waals surface area contributed by atoms with E-state index in [0.29, 0.717) is 17.6 Å². The molecule has 3 rings (SSSR count). The lowest BCUT2D eigenvalue weighted by Crippen LogP contribution is -2.50. The Morgan fingerprint density at radius 1 is 1.23 bits per heavy atom. The second-order valence-corrected chi connectivity index (χ2v) is 9.85. The summed E-state index contributed by atoms with van der Waals surface area (Å²) in [7, 11) is 0. The fourth-order valence-electron chi connectivity index (χ4n) is 5.75. The number of hydrogen-bond acceptors (Lipinski definition) is 2. The average molecular weight is 359 g/mol. The molecule has 0 aliphatic heterocycles. The second-order valence-electron chi connectivity index (χ2n) is 9.85. The minimum absolute atomic E-state index is 0.275. The molecule has 0 bridgehead atoms. The van der Waals surface area contributed by atoms with Gasteiger partial charge in [0.15, 0.2) is 0 Å². The molecule has 2 aliphatic carbocycles. The van der Waals surface area contributed by atoms with Gasteiger partial charge in [0.25, 0.3) is 0 Å². The first-order chi connectivity index (χ1) is 12.3. The van der Waals surface area contributed by atoms with Gasteiger partial charge < -0.3 is 10.2 Å². The monoisotopic (exact) mass is 358 g/mol.